The second-order valence-corrected chi connectivity index (χ2v) is 5.84. The molecule has 0 fully saturated rings. The zero-order valence-corrected chi connectivity index (χ0v) is 14.9. The average molecular weight is 326 g/mol. The second kappa shape index (κ2) is 8.39. The highest BCUT2D eigenvalue weighted by atomic mass is 16.5. The Labute approximate surface area is 144 Å². The van der Waals surface area contributed by atoms with E-state index in [9.17, 15) is 4.79 Å². The van der Waals surface area contributed by atoms with Gasteiger partial charge >= 0.3 is 0 Å². The van der Waals surface area contributed by atoms with E-state index in [1.54, 1.807) is 0 Å². The fourth-order valence-corrected chi connectivity index (χ4v) is 2.65. The van der Waals surface area contributed by atoms with Gasteiger partial charge in [0.25, 0.3) is 5.91 Å². The first-order valence-electron chi connectivity index (χ1n) is 8.46. The molecule has 0 bridgehead atoms. The molecule has 1 amide bonds. The van der Waals surface area contributed by atoms with Crippen LogP contribution in [-0.2, 0) is 0 Å². The Kier molecular flexibility index (Phi) is 6.24. The molecular formula is C20H26N2O2. The number of hydrogen-bond donors (Lipinski definition) is 1. The van der Waals surface area contributed by atoms with Crippen LogP contribution in [0.15, 0.2) is 48.5 Å². The van der Waals surface area contributed by atoms with Gasteiger partial charge in [-0.3, -0.25) is 4.79 Å². The van der Waals surface area contributed by atoms with E-state index in [1.165, 1.54) is 0 Å². The van der Waals surface area contributed by atoms with E-state index >= 15 is 0 Å². The first-order valence-corrected chi connectivity index (χ1v) is 8.46. The molecule has 0 heterocycles. The van der Waals surface area contributed by atoms with Crippen LogP contribution in [0.5, 0.6) is 5.75 Å². The molecule has 1 N–H and O–H groups in total. The fraction of sp³-hybridized carbons (Fsp3) is 0.350. The molecule has 0 atom stereocenters. The number of hydrogen-bond acceptors (Lipinski definition) is 3. The van der Waals surface area contributed by atoms with Gasteiger partial charge in [-0.05, 0) is 76.2 Å². The Hall–Kier alpha value is -2.49. The maximum atomic E-state index is 12.4. The molecule has 0 aliphatic carbocycles. The molecule has 4 heteroatoms. The zero-order valence-electron chi connectivity index (χ0n) is 14.9. The number of amides is 1. The van der Waals surface area contributed by atoms with Crippen molar-refractivity contribution >= 4 is 17.3 Å². The summed E-state index contributed by atoms with van der Waals surface area (Å²) in [4.78, 5) is 14.6. The van der Waals surface area contributed by atoms with Gasteiger partial charge in [-0.1, -0.05) is 0 Å². The molecule has 0 saturated heterocycles. The standard InChI is InChI=1S/C20H26N2O2/c1-5-22(15(3)4)18-11-7-16(8-12-18)20(23)21-17-9-13-19(14-10-17)24-6-2/h7-15H,5-6H2,1-4H3,(H,21,23). The van der Waals surface area contributed by atoms with Gasteiger partial charge < -0.3 is 15.0 Å². The first-order chi connectivity index (χ1) is 11.5. The molecule has 0 aliphatic heterocycles. The molecule has 0 aliphatic rings. The van der Waals surface area contributed by atoms with Crippen LogP contribution in [0.4, 0.5) is 11.4 Å². The van der Waals surface area contributed by atoms with E-state index in [0.29, 0.717) is 18.2 Å². The molecule has 0 spiro atoms. The summed E-state index contributed by atoms with van der Waals surface area (Å²) in [6, 6.07) is 15.5. The third-order valence-corrected chi connectivity index (χ3v) is 3.85. The van der Waals surface area contributed by atoms with Gasteiger partial charge in [0.05, 0.1) is 6.61 Å². The summed E-state index contributed by atoms with van der Waals surface area (Å²) in [6.45, 7) is 9.97. The summed E-state index contributed by atoms with van der Waals surface area (Å²) < 4.78 is 5.40. The minimum Gasteiger partial charge on any atom is -0.494 e. The highest BCUT2D eigenvalue weighted by Crippen LogP contribution is 2.19. The summed E-state index contributed by atoms with van der Waals surface area (Å²) >= 11 is 0. The van der Waals surface area contributed by atoms with Gasteiger partial charge in [0.1, 0.15) is 5.75 Å². The van der Waals surface area contributed by atoms with Gasteiger partial charge in [0.2, 0.25) is 0 Å². The van der Waals surface area contributed by atoms with Crippen molar-refractivity contribution in [2.24, 2.45) is 0 Å². The molecule has 0 unspecified atom stereocenters. The zero-order chi connectivity index (χ0) is 17.5. The summed E-state index contributed by atoms with van der Waals surface area (Å²) in [5, 5.41) is 2.90. The molecule has 24 heavy (non-hydrogen) atoms. The van der Waals surface area contributed by atoms with Gasteiger partial charge in [0, 0.05) is 29.5 Å². The summed E-state index contributed by atoms with van der Waals surface area (Å²) in [5.41, 5.74) is 2.53. The summed E-state index contributed by atoms with van der Waals surface area (Å²) in [5.74, 6) is 0.687. The van der Waals surface area contributed by atoms with E-state index in [2.05, 4.69) is 31.0 Å². The normalized spacial score (nSPS) is 10.5. The minimum absolute atomic E-state index is 0.113. The quantitative estimate of drug-likeness (QED) is 0.810. The monoisotopic (exact) mass is 326 g/mol. The van der Waals surface area contributed by atoms with Crippen molar-refractivity contribution in [1.29, 1.82) is 0 Å². The van der Waals surface area contributed by atoms with E-state index in [-0.39, 0.29) is 5.91 Å². The summed E-state index contributed by atoms with van der Waals surface area (Å²) in [7, 11) is 0. The molecular weight excluding hydrogens is 300 g/mol. The molecule has 2 rings (SSSR count). The van der Waals surface area contributed by atoms with Crippen molar-refractivity contribution in [3.05, 3.63) is 54.1 Å². The Balaban J connectivity index is 2.04. The maximum Gasteiger partial charge on any atom is 0.255 e. The Morgan fingerprint density at radius 3 is 2.17 bits per heavy atom. The van der Waals surface area contributed by atoms with Gasteiger partial charge in [-0.15, -0.1) is 0 Å². The van der Waals surface area contributed by atoms with Crippen LogP contribution in [0.25, 0.3) is 0 Å². The van der Waals surface area contributed by atoms with Crippen LogP contribution in [-0.4, -0.2) is 25.1 Å². The van der Waals surface area contributed by atoms with Crippen molar-refractivity contribution in [3.63, 3.8) is 0 Å². The van der Waals surface area contributed by atoms with E-state index in [0.717, 1.165) is 23.7 Å². The lowest BCUT2D eigenvalue weighted by molar-refractivity contribution is 0.102. The Bertz CT molecular complexity index is 648. The van der Waals surface area contributed by atoms with E-state index in [4.69, 9.17) is 4.74 Å². The largest absolute Gasteiger partial charge is 0.494 e. The minimum atomic E-state index is -0.113. The average Bonchev–Trinajstić information content (AvgIpc) is 2.58. The number of ether oxygens (including phenoxy) is 1. The van der Waals surface area contributed by atoms with Crippen LogP contribution in [0.2, 0.25) is 0 Å². The number of carbonyl (C=O) groups is 1. The van der Waals surface area contributed by atoms with E-state index in [1.807, 2.05) is 55.5 Å². The Morgan fingerprint density at radius 1 is 1.04 bits per heavy atom. The van der Waals surface area contributed by atoms with Crippen LogP contribution < -0.4 is 15.0 Å². The predicted octanol–water partition coefficient (Wildman–Crippen LogP) is 4.57. The van der Waals surface area contributed by atoms with Crippen LogP contribution >= 0.6 is 0 Å². The van der Waals surface area contributed by atoms with Gasteiger partial charge in [-0.2, -0.15) is 0 Å². The number of nitrogens with zero attached hydrogens (tertiary/aromatic N) is 1. The van der Waals surface area contributed by atoms with E-state index < -0.39 is 0 Å². The topological polar surface area (TPSA) is 41.6 Å². The van der Waals surface area contributed by atoms with Gasteiger partial charge in [0.15, 0.2) is 0 Å². The molecule has 2 aromatic carbocycles. The number of anilines is 2. The lowest BCUT2D eigenvalue weighted by atomic mass is 10.1. The highest BCUT2D eigenvalue weighted by Gasteiger charge is 2.10. The molecule has 4 nitrogen and oxygen atoms in total. The molecule has 128 valence electrons. The lowest BCUT2D eigenvalue weighted by Crippen LogP contribution is -2.30. The first kappa shape index (κ1) is 17.9. The SMILES string of the molecule is CCOc1ccc(NC(=O)c2ccc(N(CC)C(C)C)cc2)cc1. The van der Waals surface area contributed by atoms with Crippen LogP contribution in [0, 0.1) is 0 Å². The molecule has 0 aromatic heterocycles. The Morgan fingerprint density at radius 2 is 1.67 bits per heavy atom. The number of nitrogens with one attached hydrogen (secondary N) is 1. The van der Waals surface area contributed by atoms with Gasteiger partial charge in [-0.25, -0.2) is 0 Å². The second-order valence-electron chi connectivity index (χ2n) is 5.84. The van der Waals surface area contributed by atoms with Crippen molar-refractivity contribution in [2.45, 2.75) is 33.7 Å². The molecule has 2 aromatic rings. The third-order valence-electron chi connectivity index (χ3n) is 3.85. The molecule has 0 radical (unpaired) electrons. The highest BCUT2D eigenvalue weighted by molar-refractivity contribution is 6.04. The molecule has 0 saturated carbocycles. The maximum absolute atomic E-state index is 12.4. The number of benzene rings is 2. The number of carbonyl (C=O) groups excluding carboxylic acids is 1. The third kappa shape index (κ3) is 4.51. The van der Waals surface area contributed by atoms with Crippen LogP contribution in [0.1, 0.15) is 38.1 Å². The van der Waals surface area contributed by atoms with Crippen molar-refractivity contribution in [3.8, 4) is 5.75 Å². The smallest absolute Gasteiger partial charge is 0.255 e. The van der Waals surface area contributed by atoms with Crippen molar-refractivity contribution in [1.82, 2.24) is 0 Å². The predicted molar refractivity (Wildman–Crippen MR) is 100 cm³/mol. The van der Waals surface area contributed by atoms with Crippen molar-refractivity contribution < 1.29 is 9.53 Å². The lowest BCUT2D eigenvalue weighted by Gasteiger charge is -2.27. The summed E-state index contributed by atoms with van der Waals surface area (Å²) in [6.07, 6.45) is 0. The fourth-order valence-electron chi connectivity index (χ4n) is 2.65. The van der Waals surface area contributed by atoms with Crippen LogP contribution in [0.3, 0.4) is 0 Å². The number of rotatable bonds is 7. The van der Waals surface area contributed by atoms with Crippen molar-refractivity contribution in [2.75, 3.05) is 23.4 Å².